The summed E-state index contributed by atoms with van der Waals surface area (Å²) in [5.41, 5.74) is 1.29. The third kappa shape index (κ3) is 5.04. The van der Waals surface area contributed by atoms with Gasteiger partial charge in [0, 0.05) is 16.5 Å². The Labute approximate surface area is 117 Å². The van der Waals surface area contributed by atoms with Crippen LogP contribution in [0.1, 0.15) is 31.1 Å². The molecule has 2 N–H and O–H groups in total. The minimum absolute atomic E-state index is 0.00132. The molecule has 0 fully saturated rings. The first-order valence-electron chi connectivity index (χ1n) is 6.12. The van der Waals surface area contributed by atoms with Crippen molar-refractivity contribution in [2.45, 2.75) is 31.3 Å². The van der Waals surface area contributed by atoms with E-state index in [-0.39, 0.29) is 28.8 Å². The van der Waals surface area contributed by atoms with E-state index in [1.807, 2.05) is 6.92 Å². The largest absolute Gasteiger partial charge is 0.395 e. The van der Waals surface area contributed by atoms with Crippen molar-refractivity contribution in [3.05, 3.63) is 29.8 Å². The fourth-order valence-electron chi connectivity index (χ4n) is 1.49. The molecule has 0 bridgehead atoms. The summed E-state index contributed by atoms with van der Waals surface area (Å²) in [4.78, 5) is 23.0. The molecule has 0 heterocycles. The molecule has 0 radical (unpaired) electrons. The van der Waals surface area contributed by atoms with Gasteiger partial charge in [-0.3, -0.25) is 9.59 Å². The second kappa shape index (κ2) is 7.31. The van der Waals surface area contributed by atoms with Gasteiger partial charge in [0.1, 0.15) is 0 Å². The summed E-state index contributed by atoms with van der Waals surface area (Å²) in [6.07, 6.45) is 0. The number of aliphatic hydroxyl groups excluding tert-OH is 1. The van der Waals surface area contributed by atoms with Crippen molar-refractivity contribution in [1.82, 2.24) is 0 Å². The molecule has 2 atom stereocenters. The summed E-state index contributed by atoms with van der Waals surface area (Å²) >= 11 is 1.42. The average Bonchev–Trinajstić information content (AvgIpc) is 2.38. The summed E-state index contributed by atoms with van der Waals surface area (Å²) in [5, 5.41) is 11.5. The molecule has 1 aromatic carbocycles. The zero-order valence-corrected chi connectivity index (χ0v) is 12.2. The van der Waals surface area contributed by atoms with Crippen LogP contribution in [0.15, 0.2) is 24.3 Å². The van der Waals surface area contributed by atoms with Gasteiger partial charge in [0.15, 0.2) is 5.78 Å². The van der Waals surface area contributed by atoms with Gasteiger partial charge in [-0.05, 0) is 38.1 Å². The van der Waals surface area contributed by atoms with Crippen LogP contribution < -0.4 is 5.32 Å². The number of anilines is 1. The maximum atomic E-state index is 11.9. The van der Waals surface area contributed by atoms with Crippen LogP contribution in [-0.4, -0.2) is 33.9 Å². The van der Waals surface area contributed by atoms with Gasteiger partial charge in [0.25, 0.3) is 0 Å². The highest BCUT2D eigenvalue weighted by Gasteiger charge is 2.16. The van der Waals surface area contributed by atoms with Gasteiger partial charge in [-0.15, -0.1) is 11.8 Å². The lowest BCUT2D eigenvalue weighted by molar-refractivity contribution is -0.115. The van der Waals surface area contributed by atoms with E-state index in [2.05, 4.69) is 5.32 Å². The highest BCUT2D eigenvalue weighted by Crippen LogP contribution is 2.19. The van der Waals surface area contributed by atoms with Crippen molar-refractivity contribution in [1.29, 1.82) is 0 Å². The molecule has 0 unspecified atom stereocenters. The Morgan fingerprint density at radius 2 is 1.84 bits per heavy atom. The molecule has 0 spiro atoms. The average molecular weight is 281 g/mol. The lowest BCUT2D eigenvalue weighted by Crippen LogP contribution is -2.25. The van der Waals surface area contributed by atoms with Gasteiger partial charge >= 0.3 is 0 Å². The molecule has 4 nitrogen and oxygen atoms in total. The number of hydrogen-bond acceptors (Lipinski definition) is 4. The van der Waals surface area contributed by atoms with Crippen LogP contribution in [0.4, 0.5) is 5.69 Å². The molecule has 0 saturated heterocycles. The molecule has 0 saturated carbocycles. The van der Waals surface area contributed by atoms with Gasteiger partial charge in [-0.25, -0.2) is 0 Å². The van der Waals surface area contributed by atoms with Crippen LogP contribution in [0.2, 0.25) is 0 Å². The first-order chi connectivity index (χ1) is 8.93. The fraction of sp³-hybridized carbons (Fsp3) is 0.429. The molecular weight excluding hydrogens is 262 g/mol. The maximum Gasteiger partial charge on any atom is 0.237 e. The summed E-state index contributed by atoms with van der Waals surface area (Å²) < 4.78 is 0. The molecule has 104 valence electrons. The molecular formula is C14H19NO3S. The van der Waals surface area contributed by atoms with E-state index in [1.165, 1.54) is 18.7 Å². The smallest absolute Gasteiger partial charge is 0.237 e. The highest BCUT2D eigenvalue weighted by atomic mass is 32.2. The highest BCUT2D eigenvalue weighted by molar-refractivity contribution is 8.01. The van der Waals surface area contributed by atoms with Crippen molar-refractivity contribution in [2.75, 3.05) is 11.9 Å². The van der Waals surface area contributed by atoms with Crippen LogP contribution in [0.3, 0.4) is 0 Å². The zero-order valence-electron chi connectivity index (χ0n) is 11.3. The molecule has 1 amide bonds. The number of Topliss-reactive ketones (excluding diaryl/α,β-unsaturated/α-hetero) is 1. The van der Waals surface area contributed by atoms with Crippen LogP contribution >= 0.6 is 11.8 Å². The molecule has 0 aliphatic heterocycles. The van der Waals surface area contributed by atoms with Crippen molar-refractivity contribution in [3.8, 4) is 0 Å². The van der Waals surface area contributed by atoms with E-state index in [1.54, 1.807) is 31.2 Å². The van der Waals surface area contributed by atoms with Crippen molar-refractivity contribution >= 4 is 29.1 Å². The number of thioether (sulfide) groups is 1. The third-order valence-electron chi connectivity index (χ3n) is 2.62. The summed E-state index contributed by atoms with van der Waals surface area (Å²) in [6, 6.07) is 6.79. The number of aliphatic hydroxyl groups is 1. The molecule has 5 heteroatoms. The summed E-state index contributed by atoms with van der Waals surface area (Å²) in [5.74, 6) is -0.112. The van der Waals surface area contributed by atoms with Crippen molar-refractivity contribution in [3.63, 3.8) is 0 Å². The Kier molecular flexibility index (Phi) is 6.05. The Bertz CT molecular complexity index is 445. The zero-order chi connectivity index (χ0) is 14.4. The quantitative estimate of drug-likeness (QED) is 0.785. The maximum absolute atomic E-state index is 11.9. The van der Waals surface area contributed by atoms with Gasteiger partial charge in [-0.2, -0.15) is 0 Å². The number of rotatable bonds is 6. The van der Waals surface area contributed by atoms with Crippen LogP contribution in [0, 0.1) is 0 Å². The van der Waals surface area contributed by atoms with Gasteiger partial charge in [-0.1, -0.05) is 6.92 Å². The summed E-state index contributed by atoms with van der Waals surface area (Å²) in [7, 11) is 0. The van der Waals surface area contributed by atoms with Crippen LogP contribution in [0.5, 0.6) is 0 Å². The topological polar surface area (TPSA) is 66.4 Å². The number of nitrogens with one attached hydrogen (secondary N) is 1. The molecule has 1 aromatic rings. The lowest BCUT2D eigenvalue weighted by Gasteiger charge is -2.15. The predicted octanol–water partition coefficient (Wildman–Crippen LogP) is 2.33. The minimum Gasteiger partial charge on any atom is -0.395 e. The Morgan fingerprint density at radius 3 is 2.32 bits per heavy atom. The normalized spacial score (nSPS) is 13.7. The Morgan fingerprint density at radius 1 is 1.26 bits per heavy atom. The van der Waals surface area contributed by atoms with E-state index >= 15 is 0 Å². The molecule has 0 aliphatic rings. The SMILES string of the molecule is CC(=O)c1ccc(NC(=O)[C@@H](C)S[C@H](C)CO)cc1. The van der Waals surface area contributed by atoms with Crippen LogP contribution in [-0.2, 0) is 4.79 Å². The minimum atomic E-state index is -0.241. The van der Waals surface area contributed by atoms with E-state index in [4.69, 9.17) is 5.11 Å². The molecule has 0 aliphatic carbocycles. The standard InChI is InChI=1S/C14H19NO3S/c1-9(8-16)19-11(3)14(18)15-13-6-4-12(5-7-13)10(2)17/h4-7,9,11,16H,8H2,1-3H3,(H,15,18)/t9-,11-/m1/s1. The second-order valence-electron chi connectivity index (χ2n) is 4.39. The lowest BCUT2D eigenvalue weighted by atomic mass is 10.1. The molecule has 1 rings (SSSR count). The van der Waals surface area contributed by atoms with E-state index in [0.29, 0.717) is 11.3 Å². The number of hydrogen-bond donors (Lipinski definition) is 2. The van der Waals surface area contributed by atoms with Gasteiger partial charge in [0.2, 0.25) is 5.91 Å². The number of amides is 1. The van der Waals surface area contributed by atoms with Crippen molar-refractivity contribution < 1.29 is 14.7 Å². The van der Waals surface area contributed by atoms with Gasteiger partial charge < -0.3 is 10.4 Å². The Hall–Kier alpha value is -1.33. The molecule has 19 heavy (non-hydrogen) atoms. The number of ketones is 1. The Balaban J connectivity index is 2.59. The second-order valence-corrected chi connectivity index (χ2v) is 6.18. The monoisotopic (exact) mass is 281 g/mol. The first kappa shape index (κ1) is 15.7. The third-order valence-corrected chi connectivity index (χ3v) is 3.86. The number of carbonyl (C=O) groups excluding carboxylic acids is 2. The van der Waals surface area contributed by atoms with E-state index in [9.17, 15) is 9.59 Å². The number of benzene rings is 1. The van der Waals surface area contributed by atoms with Gasteiger partial charge in [0.05, 0.1) is 11.9 Å². The summed E-state index contributed by atoms with van der Waals surface area (Å²) in [6.45, 7) is 5.23. The van der Waals surface area contributed by atoms with Crippen LogP contribution in [0.25, 0.3) is 0 Å². The van der Waals surface area contributed by atoms with E-state index in [0.717, 1.165) is 0 Å². The molecule has 0 aromatic heterocycles. The predicted molar refractivity (Wildman–Crippen MR) is 78.7 cm³/mol. The number of carbonyl (C=O) groups is 2. The van der Waals surface area contributed by atoms with Crippen molar-refractivity contribution in [2.24, 2.45) is 0 Å². The first-order valence-corrected chi connectivity index (χ1v) is 7.06. The van der Waals surface area contributed by atoms with E-state index < -0.39 is 0 Å². The fourth-order valence-corrected chi connectivity index (χ4v) is 2.45.